The van der Waals surface area contributed by atoms with Crippen molar-refractivity contribution in [3.63, 3.8) is 0 Å². The summed E-state index contributed by atoms with van der Waals surface area (Å²) in [4.78, 5) is 23.1. The van der Waals surface area contributed by atoms with Crippen molar-refractivity contribution in [1.82, 2.24) is 5.32 Å². The fourth-order valence-corrected chi connectivity index (χ4v) is 1.99. The standard InChI is InChI=1S/C13H17N3O4/c1-20-13(19)16-9-4-2-3-8(5-9)15-12(18)11-6-10(17)7-14-11/h2-5,10-11,14,17H,6-7H2,1H3,(H,15,18)(H,16,19). The third-order valence-electron chi connectivity index (χ3n) is 2.99. The average Bonchev–Trinajstić information content (AvgIpc) is 2.86. The lowest BCUT2D eigenvalue weighted by atomic mass is 10.2. The van der Waals surface area contributed by atoms with Crippen molar-refractivity contribution in [3.8, 4) is 0 Å². The van der Waals surface area contributed by atoms with Gasteiger partial charge in [-0.1, -0.05) is 6.07 Å². The molecule has 2 unspecified atom stereocenters. The number of nitrogens with one attached hydrogen (secondary N) is 3. The molecular formula is C13H17N3O4. The van der Waals surface area contributed by atoms with Gasteiger partial charge in [-0.15, -0.1) is 0 Å². The zero-order valence-corrected chi connectivity index (χ0v) is 11.1. The first kappa shape index (κ1) is 14.3. The molecule has 1 aliphatic heterocycles. The van der Waals surface area contributed by atoms with E-state index in [9.17, 15) is 14.7 Å². The van der Waals surface area contributed by atoms with Gasteiger partial charge in [0.1, 0.15) is 0 Å². The van der Waals surface area contributed by atoms with Crippen LogP contribution in [0.1, 0.15) is 6.42 Å². The van der Waals surface area contributed by atoms with Crippen LogP contribution in [0.5, 0.6) is 0 Å². The minimum atomic E-state index is -0.575. The van der Waals surface area contributed by atoms with Crippen LogP contribution in [-0.4, -0.2) is 42.9 Å². The molecule has 7 nitrogen and oxygen atoms in total. The second-order valence-electron chi connectivity index (χ2n) is 4.54. The molecule has 0 aromatic heterocycles. The molecule has 2 atom stereocenters. The lowest BCUT2D eigenvalue weighted by Gasteiger charge is -2.12. The largest absolute Gasteiger partial charge is 0.453 e. The van der Waals surface area contributed by atoms with Crippen LogP contribution in [-0.2, 0) is 9.53 Å². The van der Waals surface area contributed by atoms with E-state index in [-0.39, 0.29) is 5.91 Å². The number of β-amino-alcohol motifs (C(OH)–C–C–N with tert-alkyl or cyclic N) is 1. The smallest absolute Gasteiger partial charge is 0.411 e. The van der Waals surface area contributed by atoms with Gasteiger partial charge in [-0.2, -0.15) is 0 Å². The van der Waals surface area contributed by atoms with Gasteiger partial charge in [0.2, 0.25) is 5.91 Å². The van der Waals surface area contributed by atoms with Crippen LogP contribution in [0.15, 0.2) is 24.3 Å². The predicted molar refractivity (Wildman–Crippen MR) is 73.5 cm³/mol. The molecule has 7 heteroatoms. The molecule has 20 heavy (non-hydrogen) atoms. The van der Waals surface area contributed by atoms with Crippen molar-refractivity contribution >= 4 is 23.4 Å². The molecule has 1 aromatic carbocycles. The summed E-state index contributed by atoms with van der Waals surface area (Å²) in [5.74, 6) is -0.211. The Hall–Kier alpha value is -2.12. The Kier molecular flexibility index (Phi) is 4.54. The van der Waals surface area contributed by atoms with Crippen LogP contribution < -0.4 is 16.0 Å². The van der Waals surface area contributed by atoms with Crippen LogP contribution in [0.4, 0.5) is 16.2 Å². The number of anilines is 2. The lowest BCUT2D eigenvalue weighted by molar-refractivity contribution is -0.117. The number of amides is 2. The maximum Gasteiger partial charge on any atom is 0.411 e. The van der Waals surface area contributed by atoms with Crippen LogP contribution in [0.3, 0.4) is 0 Å². The van der Waals surface area contributed by atoms with Gasteiger partial charge in [-0.3, -0.25) is 10.1 Å². The number of hydrogen-bond acceptors (Lipinski definition) is 5. The van der Waals surface area contributed by atoms with E-state index in [1.54, 1.807) is 24.3 Å². The van der Waals surface area contributed by atoms with Gasteiger partial charge >= 0.3 is 6.09 Å². The van der Waals surface area contributed by atoms with Crippen LogP contribution in [0.25, 0.3) is 0 Å². The van der Waals surface area contributed by atoms with Crippen molar-refractivity contribution < 1.29 is 19.4 Å². The van der Waals surface area contributed by atoms with Crippen molar-refractivity contribution in [1.29, 1.82) is 0 Å². The summed E-state index contributed by atoms with van der Waals surface area (Å²) >= 11 is 0. The normalized spacial score (nSPS) is 21.3. The first-order chi connectivity index (χ1) is 9.58. The quantitative estimate of drug-likeness (QED) is 0.646. The van der Waals surface area contributed by atoms with Crippen LogP contribution >= 0.6 is 0 Å². The minimum absolute atomic E-state index is 0.211. The maximum atomic E-state index is 12.0. The van der Waals surface area contributed by atoms with E-state index in [0.717, 1.165) is 0 Å². The molecule has 0 aliphatic carbocycles. The molecule has 0 saturated carbocycles. The van der Waals surface area contributed by atoms with E-state index >= 15 is 0 Å². The molecule has 2 amide bonds. The molecule has 0 spiro atoms. The van der Waals surface area contributed by atoms with Crippen molar-refractivity contribution in [2.45, 2.75) is 18.6 Å². The Morgan fingerprint density at radius 1 is 1.35 bits per heavy atom. The van der Waals surface area contributed by atoms with E-state index in [0.29, 0.717) is 24.3 Å². The molecule has 0 bridgehead atoms. The maximum absolute atomic E-state index is 12.0. The SMILES string of the molecule is COC(=O)Nc1cccc(NC(=O)C2CC(O)CN2)c1. The topological polar surface area (TPSA) is 99.7 Å². The molecule has 2 rings (SSSR count). The Bertz CT molecular complexity index is 506. The highest BCUT2D eigenvalue weighted by Gasteiger charge is 2.27. The molecule has 1 aromatic rings. The molecule has 1 aliphatic rings. The number of aliphatic hydroxyl groups is 1. The van der Waals surface area contributed by atoms with Crippen molar-refractivity contribution in [2.75, 3.05) is 24.3 Å². The van der Waals surface area contributed by atoms with Crippen molar-refractivity contribution in [2.24, 2.45) is 0 Å². The first-order valence-electron chi connectivity index (χ1n) is 6.26. The van der Waals surface area contributed by atoms with Gasteiger partial charge in [0.25, 0.3) is 0 Å². The lowest BCUT2D eigenvalue weighted by Crippen LogP contribution is -2.35. The van der Waals surface area contributed by atoms with E-state index in [4.69, 9.17) is 0 Å². The molecular weight excluding hydrogens is 262 g/mol. The van der Waals surface area contributed by atoms with Gasteiger partial charge in [-0.05, 0) is 24.6 Å². The predicted octanol–water partition coefficient (Wildman–Crippen LogP) is 0.526. The molecule has 1 heterocycles. The molecule has 0 radical (unpaired) electrons. The number of benzene rings is 1. The summed E-state index contributed by atoms with van der Waals surface area (Å²) < 4.78 is 4.49. The van der Waals surface area contributed by atoms with Gasteiger partial charge in [0, 0.05) is 17.9 Å². The van der Waals surface area contributed by atoms with Gasteiger partial charge < -0.3 is 20.5 Å². The third kappa shape index (κ3) is 3.69. The molecule has 108 valence electrons. The van der Waals surface area contributed by atoms with E-state index in [2.05, 4.69) is 20.7 Å². The number of hydrogen-bond donors (Lipinski definition) is 4. The van der Waals surface area contributed by atoms with Crippen LogP contribution in [0, 0.1) is 0 Å². The monoisotopic (exact) mass is 279 g/mol. The zero-order chi connectivity index (χ0) is 14.5. The van der Waals surface area contributed by atoms with Crippen molar-refractivity contribution in [3.05, 3.63) is 24.3 Å². The average molecular weight is 279 g/mol. The summed E-state index contributed by atoms with van der Waals surface area (Å²) in [6.45, 7) is 0.419. The Morgan fingerprint density at radius 3 is 2.65 bits per heavy atom. The number of carbonyl (C=O) groups is 2. The summed E-state index contributed by atoms with van der Waals surface area (Å²) in [5.41, 5.74) is 1.08. The fourth-order valence-electron chi connectivity index (χ4n) is 1.99. The Balaban J connectivity index is 1.97. The highest BCUT2D eigenvalue weighted by atomic mass is 16.5. The van der Waals surface area contributed by atoms with Gasteiger partial charge in [0.15, 0.2) is 0 Å². The summed E-state index contributed by atoms with van der Waals surface area (Å²) in [5, 5.41) is 17.6. The van der Waals surface area contributed by atoms with E-state index in [1.165, 1.54) is 7.11 Å². The summed E-state index contributed by atoms with van der Waals surface area (Å²) in [6.07, 6.45) is -0.668. The molecule has 1 saturated heterocycles. The minimum Gasteiger partial charge on any atom is -0.453 e. The second-order valence-corrected chi connectivity index (χ2v) is 4.54. The van der Waals surface area contributed by atoms with Crippen LogP contribution in [0.2, 0.25) is 0 Å². The van der Waals surface area contributed by atoms with E-state index < -0.39 is 18.2 Å². The summed E-state index contributed by atoms with van der Waals surface area (Å²) in [7, 11) is 1.28. The second kappa shape index (κ2) is 6.36. The highest BCUT2D eigenvalue weighted by Crippen LogP contribution is 2.16. The zero-order valence-electron chi connectivity index (χ0n) is 11.1. The highest BCUT2D eigenvalue weighted by molar-refractivity contribution is 5.96. The van der Waals surface area contributed by atoms with E-state index in [1.807, 2.05) is 0 Å². The fraction of sp³-hybridized carbons (Fsp3) is 0.385. The number of methoxy groups -OCH3 is 1. The van der Waals surface area contributed by atoms with Gasteiger partial charge in [-0.25, -0.2) is 4.79 Å². The number of aliphatic hydroxyl groups excluding tert-OH is 1. The Morgan fingerprint density at radius 2 is 2.05 bits per heavy atom. The Labute approximate surface area is 116 Å². The number of carbonyl (C=O) groups excluding carboxylic acids is 2. The number of ether oxygens (including phenoxy) is 1. The molecule has 1 fully saturated rings. The first-order valence-corrected chi connectivity index (χ1v) is 6.26. The molecule has 4 N–H and O–H groups in total. The van der Waals surface area contributed by atoms with Gasteiger partial charge in [0.05, 0.1) is 19.3 Å². The third-order valence-corrected chi connectivity index (χ3v) is 2.99. The number of rotatable bonds is 3. The summed E-state index contributed by atoms with van der Waals surface area (Å²) in [6, 6.07) is 6.33.